The molecule has 8 nitrogen and oxygen atoms in total. The number of H-pyrrole nitrogens is 1. The van der Waals surface area contributed by atoms with E-state index in [0.717, 1.165) is 5.56 Å². The number of benzene rings is 1. The fourth-order valence-electron chi connectivity index (χ4n) is 2.38. The Morgan fingerprint density at radius 1 is 1.31 bits per heavy atom. The molecule has 0 saturated heterocycles. The molecule has 0 spiro atoms. The van der Waals surface area contributed by atoms with Crippen LogP contribution in [0.1, 0.15) is 34.7 Å². The Morgan fingerprint density at radius 2 is 2.08 bits per heavy atom. The molecule has 0 unspecified atom stereocenters. The molecule has 3 rings (SSSR count). The van der Waals surface area contributed by atoms with Crippen molar-refractivity contribution in [2.24, 2.45) is 7.05 Å². The number of amides is 1. The van der Waals surface area contributed by atoms with E-state index in [-0.39, 0.29) is 11.6 Å². The molecule has 0 aliphatic heterocycles. The van der Waals surface area contributed by atoms with Gasteiger partial charge in [-0.3, -0.25) is 14.3 Å². The van der Waals surface area contributed by atoms with Gasteiger partial charge in [-0.05, 0) is 12.5 Å². The molecule has 1 aromatic carbocycles. The van der Waals surface area contributed by atoms with Gasteiger partial charge in [-0.25, -0.2) is 9.97 Å². The largest absolute Gasteiger partial charge is 0.342 e. The average molecular weight is 370 g/mol. The Labute approximate surface area is 154 Å². The number of aryl methyl sites for hydroxylation is 1. The van der Waals surface area contributed by atoms with Crippen LogP contribution in [0.4, 0.5) is 0 Å². The maximum absolute atomic E-state index is 12.3. The molecule has 2 N–H and O–H groups in total. The molecule has 3 aromatic rings. The second-order valence-electron chi connectivity index (χ2n) is 5.64. The molecule has 0 saturated carbocycles. The lowest BCUT2D eigenvalue weighted by Crippen LogP contribution is -2.33. The zero-order chi connectivity index (χ0) is 18.5. The average Bonchev–Trinajstić information content (AvgIpc) is 3.07. The maximum Gasteiger partial charge on any atom is 0.264 e. The second kappa shape index (κ2) is 7.96. The third-order valence-corrected chi connectivity index (χ3v) is 4.68. The van der Waals surface area contributed by atoms with Crippen LogP contribution in [0.15, 0.2) is 52.8 Å². The first-order chi connectivity index (χ1) is 12.5. The van der Waals surface area contributed by atoms with Crippen LogP contribution in [-0.2, 0) is 12.8 Å². The monoisotopic (exact) mass is 370 g/mol. The van der Waals surface area contributed by atoms with Crippen LogP contribution in [-0.4, -0.2) is 30.6 Å². The van der Waals surface area contributed by atoms with Crippen LogP contribution < -0.4 is 10.9 Å². The van der Waals surface area contributed by atoms with Gasteiger partial charge in [0, 0.05) is 19.0 Å². The molecule has 134 valence electrons. The van der Waals surface area contributed by atoms with E-state index >= 15 is 0 Å². The van der Waals surface area contributed by atoms with Gasteiger partial charge in [-0.15, -0.1) is 0 Å². The van der Waals surface area contributed by atoms with E-state index in [1.807, 2.05) is 30.3 Å². The summed E-state index contributed by atoms with van der Waals surface area (Å²) >= 11 is 1.40. The van der Waals surface area contributed by atoms with Crippen molar-refractivity contribution < 1.29 is 4.79 Å². The number of hydrogen-bond acceptors (Lipinski definition) is 6. The number of aromatic nitrogens is 5. The highest BCUT2D eigenvalue weighted by molar-refractivity contribution is 7.98. The number of thioether (sulfide) groups is 1. The summed E-state index contributed by atoms with van der Waals surface area (Å²) in [6, 6.07) is 9.47. The summed E-state index contributed by atoms with van der Waals surface area (Å²) in [6.45, 7) is 1.77. The SMILES string of the molecule is C[C@H](NC(=O)c1cnc(SCc2ccccc2)[nH]c1=O)c1ncnn1C. The number of nitrogens with zero attached hydrogens (tertiary/aromatic N) is 4. The Bertz CT molecular complexity index is 953. The van der Waals surface area contributed by atoms with Crippen LogP contribution in [0.2, 0.25) is 0 Å². The Balaban J connectivity index is 1.66. The number of rotatable bonds is 6. The highest BCUT2D eigenvalue weighted by Crippen LogP contribution is 2.17. The molecule has 26 heavy (non-hydrogen) atoms. The van der Waals surface area contributed by atoms with Gasteiger partial charge in [-0.2, -0.15) is 5.10 Å². The summed E-state index contributed by atoms with van der Waals surface area (Å²) in [7, 11) is 1.73. The van der Waals surface area contributed by atoms with Gasteiger partial charge in [0.05, 0.1) is 6.04 Å². The smallest absolute Gasteiger partial charge is 0.264 e. The number of nitrogens with one attached hydrogen (secondary N) is 2. The summed E-state index contributed by atoms with van der Waals surface area (Å²) in [5.74, 6) is 0.769. The Morgan fingerprint density at radius 3 is 2.73 bits per heavy atom. The third-order valence-electron chi connectivity index (χ3n) is 3.72. The van der Waals surface area contributed by atoms with E-state index in [0.29, 0.717) is 16.7 Å². The summed E-state index contributed by atoms with van der Waals surface area (Å²) in [5.41, 5.74) is 0.612. The standard InChI is InChI=1S/C17H18N6O2S/c1-11(14-19-10-20-23(14)2)21-15(24)13-8-18-17(22-16(13)25)26-9-12-6-4-3-5-7-12/h3-8,10-11H,9H2,1-2H3,(H,21,24)(H,18,22,25)/t11-/m0/s1. The van der Waals surface area contributed by atoms with Gasteiger partial charge in [0.2, 0.25) is 0 Å². The van der Waals surface area contributed by atoms with Crippen LogP contribution in [0.3, 0.4) is 0 Å². The third kappa shape index (κ3) is 4.17. The molecule has 2 heterocycles. The van der Waals surface area contributed by atoms with Gasteiger partial charge in [0.25, 0.3) is 11.5 Å². The summed E-state index contributed by atoms with van der Waals surface area (Å²) in [6.07, 6.45) is 2.70. The minimum Gasteiger partial charge on any atom is -0.342 e. The van der Waals surface area contributed by atoms with E-state index in [1.54, 1.807) is 18.7 Å². The van der Waals surface area contributed by atoms with Crippen LogP contribution in [0.25, 0.3) is 0 Å². The fraction of sp³-hybridized carbons (Fsp3) is 0.235. The number of hydrogen-bond donors (Lipinski definition) is 2. The van der Waals surface area contributed by atoms with Gasteiger partial charge in [0.1, 0.15) is 17.7 Å². The molecule has 2 aromatic heterocycles. The molecular formula is C17H18N6O2S. The van der Waals surface area contributed by atoms with Crippen molar-refractivity contribution in [3.05, 3.63) is 70.2 Å². The first kappa shape index (κ1) is 17.9. The summed E-state index contributed by atoms with van der Waals surface area (Å²) in [4.78, 5) is 35.5. The molecule has 0 radical (unpaired) electrons. The zero-order valence-corrected chi connectivity index (χ0v) is 15.2. The first-order valence-corrected chi connectivity index (χ1v) is 8.94. The first-order valence-electron chi connectivity index (χ1n) is 7.95. The molecule has 0 bridgehead atoms. The van der Waals surface area contributed by atoms with Crippen LogP contribution in [0.5, 0.6) is 0 Å². The van der Waals surface area contributed by atoms with Crippen molar-refractivity contribution in [2.45, 2.75) is 23.9 Å². The van der Waals surface area contributed by atoms with E-state index in [2.05, 4.69) is 25.4 Å². The lowest BCUT2D eigenvalue weighted by molar-refractivity contribution is 0.0935. The topological polar surface area (TPSA) is 106 Å². The van der Waals surface area contributed by atoms with Crippen molar-refractivity contribution in [1.82, 2.24) is 30.0 Å². The highest BCUT2D eigenvalue weighted by atomic mass is 32.2. The second-order valence-corrected chi connectivity index (χ2v) is 6.61. The van der Waals surface area contributed by atoms with E-state index in [1.165, 1.54) is 24.3 Å². The van der Waals surface area contributed by atoms with Gasteiger partial charge in [0.15, 0.2) is 5.16 Å². The number of aromatic amines is 1. The number of carbonyl (C=O) groups excluding carboxylic acids is 1. The van der Waals surface area contributed by atoms with Crippen LogP contribution in [0, 0.1) is 0 Å². The van der Waals surface area contributed by atoms with E-state index in [9.17, 15) is 9.59 Å². The van der Waals surface area contributed by atoms with Crippen LogP contribution >= 0.6 is 11.8 Å². The predicted molar refractivity (Wildman–Crippen MR) is 97.7 cm³/mol. The lowest BCUT2D eigenvalue weighted by Gasteiger charge is -2.12. The molecular weight excluding hydrogens is 352 g/mol. The van der Waals surface area contributed by atoms with Crippen molar-refractivity contribution in [1.29, 1.82) is 0 Å². The van der Waals surface area contributed by atoms with E-state index in [4.69, 9.17) is 0 Å². The quantitative estimate of drug-likeness (QED) is 0.505. The summed E-state index contributed by atoms with van der Waals surface area (Å²) in [5, 5.41) is 7.16. The Kier molecular flexibility index (Phi) is 5.47. The Hall–Kier alpha value is -2.94. The highest BCUT2D eigenvalue weighted by Gasteiger charge is 2.18. The van der Waals surface area contributed by atoms with Crippen molar-refractivity contribution in [3.8, 4) is 0 Å². The normalized spacial score (nSPS) is 11.9. The zero-order valence-electron chi connectivity index (χ0n) is 14.3. The van der Waals surface area contributed by atoms with Gasteiger partial charge in [-0.1, -0.05) is 42.1 Å². The van der Waals surface area contributed by atoms with Crippen molar-refractivity contribution in [3.63, 3.8) is 0 Å². The molecule has 1 atom stereocenters. The molecule has 9 heteroatoms. The van der Waals surface area contributed by atoms with Gasteiger partial charge >= 0.3 is 0 Å². The molecule has 0 aliphatic rings. The molecule has 1 amide bonds. The minimum absolute atomic E-state index is 0.0388. The summed E-state index contributed by atoms with van der Waals surface area (Å²) < 4.78 is 1.57. The number of carbonyl (C=O) groups is 1. The molecule has 0 fully saturated rings. The predicted octanol–water partition coefficient (Wildman–Crippen LogP) is 1.68. The van der Waals surface area contributed by atoms with Crippen molar-refractivity contribution in [2.75, 3.05) is 0 Å². The van der Waals surface area contributed by atoms with Gasteiger partial charge < -0.3 is 10.3 Å². The van der Waals surface area contributed by atoms with E-state index < -0.39 is 11.5 Å². The maximum atomic E-state index is 12.3. The molecule has 0 aliphatic carbocycles. The lowest BCUT2D eigenvalue weighted by atomic mass is 10.2. The van der Waals surface area contributed by atoms with Crippen molar-refractivity contribution >= 4 is 17.7 Å². The minimum atomic E-state index is -0.506. The fourth-order valence-corrected chi connectivity index (χ4v) is 3.16.